The molecule has 8 nitrogen and oxygen atoms in total. The molecule has 4 heterocycles. The average molecular weight is 463 g/mol. The molecule has 0 aliphatic carbocycles. The maximum absolute atomic E-state index is 5.94. The molecule has 1 aliphatic rings. The monoisotopic (exact) mass is 462 g/mol. The van der Waals surface area contributed by atoms with E-state index in [0.717, 1.165) is 58.8 Å². The molecule has 1 atom stereocenters. The van der Waals surface area contributed by atoms with Gasteiger partial charge in [0.1, 0.15) is 21.9 Å². The number of aromatic nitrogens is 5. The van der Waals surface area contributed by atoms with Gasteiger partial charge in [0.25, 0.3) is 0 Å². The molecule has 4 aromatic rings. The lowest BCUT2D eigenvalue weighted by atomic mass is 9.98. The molecule has 0 amide bonds. The van der Waals surface area contributed by atoms with Crippen LogP contribution in [0, 0.1) is 5.92 Å². The normalized spacial score (nSPS) is 17.2. The smallest absolute Gasteiger partial charge is 0.158 e. The lowest BCUT2D eigenvalue weighted by molar-refractivity contribution is 0.171. The number of anilines is 2. The third-order valence-corrected chi connectivity index (χ3v) is 7.45. The third-order valence-electron chi connectivity index (χ3n) is 6.17. The van der Waals surface area contributed by atoms with Crippen molar-refractivity contribution in [2.75, 3.05) is 25.0 Å². The first-order valence-corrected chi connectivity index (χ1v) is 12.4. The molecule has 1 saturated heterocycles. The standard InChI is InChI=1S/C24H30N8S/c1-16(2)23-29-30-24(33-23)18-6-3-7-20(11-18)28-22-21-19(8-10-32(21)27-15-26-22)14-31-9-4-5-17(12-25)13-31/h3,6-8,10-11,15-17H,4-5,9,12-14,25H2,1-2H3,(H,26,27,28). The van der Waals surface area contributed by atoms with E-state index in [1.54, 1.807) is 17.7 Å². The first-order chi connectivity index (χ1) is 16.1. The van der Waals surface area contributed by atoms with Gasteiger partial charge in [-0.2, -0.15) is 5.10 Å². The predicted octanol–water partition coefficient (Wildman–Crippen LogP) is 4.29. The predicted molar refractivity (Wildman–Crippen MR) is 133 cm³/mol. The summed E-state index contributed by atoms with van der Waals surface area (Å²) in [5, 5.41) is 18.6. The highest BCUT2D eigenvalue weighted by Gasteiger charge is 2.21. The number of nitrogens with two attached hydrogens (primary N) is 1. The second kappa shape index (κ2) is 9.54. The van der Waals surface area contributed by atoms with Crippen molar-refractivity contribution < 1.29 is 0 Å². The number of benzene rings is 1. The van der Waals surface area contributed by atoms with Crippen molar-refractivity contribution in [3.8, 4) is 10.6 Å². The molecule has 0 bridgehead atoms. The Kier molecular flexibility index (Phi) is 6.34. The van der Waals surface area contributed by atoms with E-state index in [-0.39, 0.29) is 0 Å². The fraction of sp³-hybridized carbons (Fsp3) is 0.417. The summed E-state index contributed by atoms with van der Waals surface area (Å²) in [6.45, 7) is 8.05. The molecule has 1 aliphatic heterocycles. The Labute approximate surface area is 197 Å². The number of hydrogen-bond acceptors (Lipinski definition) is 8. The van der Waals surface area contributed by atoms with Crippen LogP contribution in [0.3, 0.4) is 0 Å². The summed E-state index contributed by atoms with van der Waals surface area (Å²) in [6.07, 6.45) is 6.02. The highest BCUT2D eigenvalue weighted by molar-refractivity contribution is 7.14. The van der Waals surface area contributed by atoms with E-state index in [4.69, 9.17) is 5.73 Å². The average Bonchev–Trinajstić information content (AvgIpc) is 3.48. The van der Waals surface area contributed by atoms with Crippen molar-refractivity contribution in [1.29, 1.82) is 0 Å². The fourth-order valence-corrected chi connectivity index (χ4v) is 5.26. The molecular weight excluding hydrogens is 432 g/mol. The van der Waals surface area contributed by atoms with Crippen LogP contribution in [0.4, 0.5) is 11.5 Å². The highest BCUT2D eigenvalue weighted by atomic mass is 32.1. The van der Waals surface area contributed by atoms with E-state index in [2.05, 4.69) is 62.5 Å². The summed E-state index contributed by atoms with van der Waals surface area (Å²) in [7, 11) is 0. The van der Waals surface area contributed by atoms with Crippen molar-refractivity contribution in [2.45, 2.75) is 39.2 Å². The number of nitrogens with one attached hydrogen (secondary N) is 1. The van der Waals surface area contributed by atoms with E-state index in [1.807, 2.05) is 22.8 Å². The highest BCUT2D eigenvalue weighted by Crippen LogP contribution is 2.31. The number of fused-ring (bicyclic) bond motifs is 1. The van der Waals surface area contributed by atoms with Crippen LogP contribution in [-0.2, 0) is 6.54 Å². The summed E-state index contributed by atoms with van der Waals surface area (Å²) in [5.74, 6) is 1.76. The van der Waals surface area contributed by atoms with Gasteiger partial charge in [0.2, 0.25) is 0 Å². The molecule has 0 spiro atoms. The molecule has 172 valence electrons. The van der Waals surface area contributed by atoms with Crippen LogP contribution in [0.15, 0.2) is 42.9 Å². The molecular formula is C24H30N8S. The molecule has 5 rings (SSSR count). The molecule has 0 saturated carbocycles. The SMILES string of the molecule is CC(C)c1nnc(-c2cccc(Nc3ncnn4ccc(CN5CCCC(CN)C5)c34)c2)s1. The molecule has 1 fully saturated rings. The van der Waals surface area contributed by atoms with Gasteiger partial charge in [-0.05, 0) is 55.6 Å². The van der Waals surface area contributed by atoms with Crippen LogP contribution in [-0.4, -0.2) is 49.3 Å². The molecule has 1 aromatic carbocycles. The van der Waals surface area contributed by atoms with Gasteiger partial charge < -0.3 is 11.1 Å². The minimum atomic E-state index is 0.375. The van der Waals surface area contributed by atoms with Crippen LogP contribution in [0.2, 0.25) is 0 Å². The van der Waals surface area contributed by atoms with Crippen LogP contribution in [0.5, 0.6) is 0 Å². The Balaban J connectivity index is 1.41. The van der Waals surface area contributed by atoms with Gasteiger partial charge in [0, 0.05) is 36.5 Å². The number of hydrogen-bond donors (Lipinski definition) is 2. The van der Waals surface area contributed by atoms with Gasteiger partial charge in [-0.25, -0.2) is 9.50 Å². The second-order valence-electron chi connectivity index (χ2n) is 9.03. The minimum absolute atomic E-state index is 0.375. The largest absolute Gasteiger partial charge is 0.338 e. The van der Waals surface area contributed by atoms with Crippen molar-refractivity contribution >= 4 is 28.4 Å². The zero-order valence-corrected chi connectivity index (χ0v) is 19.9. The van der Waals surface area contributed by atoms with E-state index in [9.17, 15) is 0 Å². The minimum Gasteiger partial charge on any atom is -0.338 e. The van der Waals surface area contributed by atoms with Gasteiger partial charge in [-0.15, -0.1) is 10.2 Å². The molecule has 3 N–H and O–H groups in total. The van der Waals surface area contributed by atoms with Crippen LogP contribution < -0.4 is 11.1 Å². The van der Waals surface area contributed by atoms with Gasteiger partial charge in [-0.3, -0.25) is 4.90 Å². The van der Waals surface area contributed by atoms with Crippen LogP contribution in [0.25, 0.3) is 16.1 Å². The Bertz CT molecular complexity index is 1230. The lowest BCUT2D eigenvalue weighted by Gasteiger charge is -2.31. The Morgan fingerprint density at radius 1 is 1.24 bits per heavy atom. The number of piperidine rings is 1. The topological polar surface area (TPSA) is 97.3 Å². The van der Waals surface area contributed by atoms with Gasteiger partial charge >= 0.3 is 0 Å². The number of nitrogens with zero attached hydrogens (tertiary/aromatic N) is 6. The Morgan fingerprint density at radius 2 is 2.15 bits per heavy atom. The van der Waals surface area contributed by atoms with Crippen molar-refractivity contribution in [3.63, 3.8) is 0 Å². The summed E-state index contributed by atoms with van der Waals surface area (Å²) >= 11 is 1.64. The molecule has 0 radical (unpaired) electrons. The summed E-state index contributed by atoms with van der Waals surface area (Å²) in [6, 6.07) is 10.4. The van der Waals surface area contributed by atoms with Crippen LogP contribution in [0.1, 0.15) is 43.2 Å². The molecule has 3 aromatic heterocycles. The quantitative estimate of drug-likeness (QED) is 0.423. The zero-order valence-electron chi connectivity index (χ0n) is 19.1. The third kappa shape index (κ3) is 4.75. The first-order valence-electron chi connectivity index (χ1n) is 11.5. The van der Waals surface area contributed by atoms with E-state index < -0.39 is 0 Å². The van der Waals surface area contributed by atoms with Gasteiger partial charge in [0.05, 0.1) is 0 Å². The number of rotatable bonds is 7. The molecule has 1 unspecified atom stereocenters. The number of likely N-dealkylation sites (tertiary alicyclic amines) is 1. The summed E-state index contributed by atoms with van der Waals surface area (Å²) < 4.78 is 1.90. The molecule has 33 heavy (non-hydrogen) atoms. The van der Waals surface area contributed by atoms with Crippen molar-refractivity contribution in [2.24, 2.45) is 11.7 Å². The Hall–Kier alpha value is -2.88. The lowest BCUT2D eigenvalue weighted by Crippen LogP contribution is -2.37. The van der Waals surface area contributed by atoms with Crippen LogP contribution >= 0.6 is 11.3 Å². The first kappa shape index (κ1) is 21.9. The zero-order chi connectivity index (χ0) is 22.8. The van der Waals surface area contributed by atoms with Crippen molar-refractivity contribution in [1.82, 2.24) is 29.7 Å². The van der Waals surface area contributed by atoms with E-state index in [1.165, 1.54) is 18.4 Å². The maximum atomic E-state index is 5.94. The summed E-state index contributed by atoms with van der Waals surface area (Å²) in [5.41, 5.74) is 10.2. The fourth-order valence-electron chi connectivity index (χ4n) is 4.42. The van der Waals surface area contributed by atoms with Gasteiger partial charge in [0.15, 0.2) is 5.82 Å². The Morgan fingerprint density at radius 3 is 2.97 bits per heavy atom. The van der Waals surface area contributed by atoms with E-state index in [0.29, 0.717) is 11.8 Å². The second-order valence-corrected chi connectivity index (χ2v) is 10.0. The maximum Gasteiger partial charge on any atom is 0.158 e. The molecule has 9 heteroatoms. The summed E-state index contributed by atoms with van der Waals surface area (Å²) in [4.78, 5) is 7.08. The van der Waals surface area contributed by atoms with Gasteiger partial charge in [-0.1, -0.05) is 37.3 Å². The van der Waals surface area contributed by atoms with E-state index >= 15 is 0 Å². The van der Waals surface area contributed by atoms with Crippen molar-refractivity contribution in [3.05, 3.63) is 53.4 Å².